The summed E-state index contributed by atoms with van der Waals surface area (Å²) in [7, 11) is -8.68. The van der Waals surface area contributed by atoms with Crippen LogP contribution in [0.25, 0.3) is 12.2 Å². The van der Waals surface area contributed by atoms with E-state index in [-0.39, 0.29) is 11.1 Å². The largest absolute Gasteiger partial charge is 0.270 e. The van der Waals surface area contributed by atoms with E-state index in [2.05, 4.69) is 0 Å². The molecule has 0 bridgehead atoms. The third-order valence-electron chi connectivity index (χ3n) is 3.47. The minimum Gasteiger partial charge on any atom is -0.258 e. The van der Waals surface area contributed by atoms with Gasteiger partial charge in [-0.2, -0.15) is 0 Å². The fourth-order valence-corrected chi connectivity index (χ4v) is 3.72. The molecule has 148 valence electrons. The second-order valence-electron chi connectivity index (χ2n) is 5.38. The first-order chi connectivity index (χ1) is 12.8. The Bertz CT molecular complexity index is 1120. The highest BCUT2D eigenvalue weighted by atomic mass is 32.2. The summed E-state index contributed by atoms with van der Waals surface area (Å²) in [5.74, 6) is 0. The Morgan fingerprint density at radius 3 is 1.29 bits per heavy atom. The lowest BCUT2D eigenvalue weighted by Gasteiger charge is -2.06. The van der Waals surface area contributed by atoms with Crippen molar-refractivity contribution in [3.8, 4) is 0 Å². The monoisotopic (exact) mass is 428 g/mol. The van der Waals surface area contributed by atoms with Gasteiger partial charge in [0.05, 0.1) is 19.6 Å². The van der Waals surface area contributed by atoms with Crippen molar-refractivity contribution in [1.29, 1.82) is 0 Å². The minimum absolute atomic E-state index is 0.0631. The van der Waals surface area contributed by atoms with E-state index in [0.29, 0.717) is 0 Å². The Kier molecular flexibility index (Phi) is 5.60. The Balaban J connectivity index is 2.64. The molecule has 0 saturated heterocycles. The quantitative estimate of drug-likeness (QED) is 0.384. The highest BCUT2D eigenvalue weighted by Gasteiger charge is 2.20. The van der Waals surface area contributed by atoms with Crippen LogP contribution in [0.15, 0.2) is 46.2 Å². The molecule has 0 fully saturated rings. The lowest BCUT2D eigenvalue weighted by atomic mass is 10.1. The maximum Gasteiger partial charge on any atom is 0.270 e. The Hall–Kier alpha value is -3.20. The van der Waals surface area contributed by atoms with Crippen molar-refractivity contribution in [2.24, 2.45) is 10.3 Å². The van der Waals surface area contributed by atoms with Crippen LogP contribution in [0.1, 0.15) is 11.1 Å². The van der Waals surface area contributed by atoms with Gasteiger partial charge in [-0.1, -0.05) is 12.2 Å². The van der Waals surface area contributed by atoms with Gasteiger partial charge in [-0.15, -0.1) is 0 Å². The van der Waals surface area contributed by atoms with E-state index < -0.39 is 51.1 Å². The zero-order valence-electron chi connectivity index (χ0n) is 13.8. The van der Waals surface area contributed by atoms with Crippen molar-refractivity contribution in [3.05, 3.63) is 67.8 Å². The van der Waals surface area contributed by atoms with Gasteiger partial charge in [0.15, 0.2) is 0 Å². The molecular formula is C14H12N4O8S2. The first kappa shape index (κ1) is 21.1. The van der Waals surface area contributed by atoms with Crippen LogP contribution in [0.2, 0.25) is 0 Å². The third-order valence-corrected chi connectivity index (χ3v) is 5.40. The predicted octanol–water partition coefficient (Wildman–Crippen LogP) is 0.968. The normalized spacial score (nSPS) is 12.2. The van der Waals surface area contributed by atoms with Gasteiger partial charge in [0.25, 0.3) is 11.4 Å². The highest BCUT2D eigenvalue weighted by molar-refractivity contribution is 7.89. The number of primary sulfonamides is 2. The maximum atomic E-state index is 11.7. The van der Waals surface area contributed by atoms with Gasteiger partial charge in [-0.3, -0.25) is 20.2 Å². The lowest BCUT2D eigenvalue weighted by molar-refractivity contribution is -0.385. The number of hydrogen-bond donors (Lipinski definition) is 2. The zero-order valence-corrected chi connectivity index (χ0v) is 15.4. The summed E-state index contributed by atoms with van der Waals surface area (Å²) in [5.41, 5.74) is -1.15. The predicted molar refractivity (Wildman–Crippen MR) is 97.9 cm³/mol. The number of sulfonamides is 2. The minimum atomic E-state index is -4.34. The van der Waals surface area contributed by atoms with E-state index >= 15 is 0 Å². The standard InChI is InChI=1S/C14H12N4O8S2/c15-27(23,24)13-7-11(17(19)20)5-3-9(13)1-2-10-4-6-12(18(21)22)8-14(10)28(16,25)26/h1-8H,(H2,15,23,24)(H2,16,25,26)/b2-1+. The van der Waals surface area contributed by atoms with Crippen molar-refractivity contribution >= 4 is 43.6 Å². The van der Waals surface area contributed by atoms with Gasteiger partial charge in [-0.05, 0) is 23.3 Å². The van der Waals surface area contributed by atoms with Gasteiger partial charge >= 0.3 is 0 Å². The molecular weight excluding hydrogens is 416 g/mol. The summed E-state index contributed by atoms with van der Waals surface area (Å²) in [6.45, 7) is 0. The van der Waals surface area contributed by atoms with Crippen LogP contribution in [-0.4, -0.2) is 26.7 Å². The topological polar surface area (TPSA) is 207 Å². The molecule has 0 heterocycles. The van der Waals surface area contributed by atoms with Crippen LogP contribution < -0.4 is 10.3 Å². The summed E-state index contributed by atoms with van der Waals surface area (Å²) < 4.78 is 46.9. The van der Waals surface area contributed by atoms with Crippen LogP contribution in [0, 0.1) is 20.2 Å². The third kappa shape index (κ3) is 4.74. The van der Waals surface area contributed by atoms with Crippen molar-refractivity contribution in [2.45, 2.75) is 9.79 Å². The fraction of sp³-hybridized carbons (Fsp3) is 0. The van der Waals surface area contributed by atoms with E-state index in [1.165, 1.54) is 0 Å². The highest BCUT2D eigenvalue weighted by Crippen LogP contribution is 2.26. The number of hydrogen-bond acceptors (Lipinski definition) is 8. The van der Waals surface area contributed by atoms with Crippen LogP contribution in [0.3, 0.4) is 0 Å². The maximum absolute atomic E-state index is 11.7. The molecule has 0 amide bonds. The second-order valence-corrected chi connectivity index (χ2v) is 8.44. The van der Waals surface area contributed by atoms with Crippen molar-refractivity contribution in [1.82, 2.24) is 0 Å². The van der Waals surface area contributed by atoms with Gasteiger partial charge in [0, 0.05) is 24.3 Å². The number of nitro benzene ring substituents is 2. The zero-order chi connectivity index (χ0) is 21.3. The second kappa shape index (κ2) is 7.43. The van der Waals surface area contributed by atoms with Gasteiger partial charge < -0.3 is 0 Å². The van der Waals surface area contributed by atoms with E-state index in [4.69, 9.17) is 10.3 Å². The smallest absolute Gasteiger partial charge is 0.258 e. The molecule has 2 aromatic carbocycles. The molecule has 0 atom stereocenters. The number of rotatable bonds is 6. The van der Waals surface area contributed by atoms with Crippen molar-refractivity contribution in [2.75, 3.05) is 0 Å². The summed E-state index contributed by atoms with van der Waals surface area (Å²) in [6.07, 6.45) is 2.28. The van der Waals surface area contributed by atoms with E-state index in [1.54, 1.807) is 0 Å². The van der Waals surface area contributed by atoms with Crippen LogP contribution in [0.5, 0.6) is 0 Å². The average Bonchev–Trinajstić information content (AvgIpc) is 2.57. The van der Waals surface area contributed by atoms with Crippen molar-refractivity contribution < 1.29 is 26.7 Å². The Labute approximate surface area is 158 Å². The molecule has 12 nitrogen and oxygen atoms in total. The Morgan fingerprint density at radius 2 is 1.04 bits per heavy atom. The summed E-state index contributed by atoms with van der Waals surface area (Å²) in [6, 6.07) is 5.79. The first-order valence-electron chi connectivity index (χ1n) is 7.11. The van der Waals surface area contributed by atoms with E-state index in [0.717, 1.165) is 48.6 Å². The fourth-order valence-electron chi connectivity index (χ4n) is 2.22. The first-order valence-corrected chi connectivity index (χ1v) is 10.2. The molecule has 14 heteroatoms. The summed E-state index contributed by atoms with van der Waals surface area (Å²) in [5, 5.41) is 31.8. The number of non-ortho nitro benzene ring substituents is 2. The number of nitro groups is 2. The molecule has 0 aliphatic carbocycles. The van der Waals surface area contributed by atoms with E-state index in [1.807, 2.05) is 0 Å². The van der Waals surface area contributed by atoms with Gasteiger partial charge in [-0.25, -0.2) is 27.1 Å². The molecule has 0 aliphatic rings. The molecule has 4 N–H and O–H groups in total. The van der Waals surface area contributed by atoms with Crippen LogP contribution >= 0.6 is 0 Å². The number of nitrogens with zero attached hydrogens (tertiary/aromatic N) is 2. The molecule has 2 rings (SSSR count). The average molecular weight is 428 g/mol. The lowest BCUT2D eigenvalue weighted by Crippen LogP contribution is -2.14. The molecule has 0 aliphatic heterocycles. The molecule has 0 unspecified atom stereocenters. The SMILES string of the molecule is NS(=O)(=O)c1cc([N+](=O)[O-])ccc1/C=C/c1ccc([N+](=O)[O-])cc1S(N)(=O)=O. The molecule has 0 spiro atoms. The van der Waals surface area contributed by atoms with Crippen LogP contribution in [-0.2, 0) is 20.0 Å². The van der Waals surface area contributed by atoms with E-state index in [9.17, 15) is 37.1 Å². The molecule has 2 aromatic rings. The Morgan fingerprint density at radius 1 is 0.714 bits per heavy atom. The van der Waals surface area contributed by atoms with Crippen LogP contribution in [0.4, 0.5) is 11.4 Å². The van der Waals surface area contributed by atoms with Gasteiger partial charge in [0.2, 0.25) is 20.0 Å². The molecule has 0 radical (unpaired) electrons. The molecule has 28 heavy (non-hydrogen) atoms. The van der Waals surface area contributed by atoms with Crippen molar-refractivity contribution in [3.63, 3.8) is 0 Å². The molecule has 0 aromatic heterocycles. The number of nitrogens with two attached hydrogens (primary N) is 2. The summed E-state index contributed by atoms with van der Waals surface area (Å²) in [4.78, 5) is 18.9. The summed E-state index contributed by atoms with van der Waals surface area (Å²) >= 11 is 0. The molecule has 0 saturated carbocycles. The van der Waals surface area contributed by atoms with Gasteiger partial charge in [0.1, 0.15) is 0 Å². The number of benzene rings is 2.